The molecule has 8 heteroatoms. The van der Waals surface area contributed by atoms with Crippen molar-refractivity contribution in [1.29, 1.82) is 0 Å². The minimum absolute atomic E-state index is 0. The van der Waals surface area contributed by atoms with Crippen LogP contribution in [0.4, 0.5) is 0 Å². The monoisotopic (exact) mass is 531 g/mol. The van der Waals surface area contributed by atoms with Gasteiger partial charge in [-0.1, -0.05) is 80.4 Å². The first kappa shape index (κ1) is 31.6. The smallest absolute Gasteiger partial charge is 0.414 e. The second-order valence-corrected chi connectivity index (χ2v) is 11.2. The summed E-state index contributed by atoms with van der Waals surface area (Å²) in [6.07, 6.45) is 3.40. The number of carboxylic acids is 2. The van der Waals surface area contributed by atoms with E-state index in [-0.39, 0.29) is 9.56 Å². The second kappa shape index (κ2) is 17.1. The van der Waals surface area contributed by atoms with Gasteiger partial charge in [0.15, 0.2) is 0 Å². The van der Waals surface area contributed by atoms with Gasteiger partial charge in [-0.25, -0.2) is 9.59 Å². The predicted octanol–water partition coefficient (Wildman–Crippen LogP) is 4.84. The molecule has 1 aliphatic heterocycles. The van der Waals surface area contributed by atoms with Crippen LogP contribution >= 0.6 is 23.5 Å². The Morgan fingerprint density at radius 2 is 1.36 bits per heavy atom. The lowest BCUT2D eigenvalue weighted by atomic mass is 9.86. The van der Waals surface area contributed by atoms with Crippen LogP contribution in [0.3, 0.4) is 0 Å². The van der Waals surface area contributed by atoms with Crippen molar-refractivity contribution in [3.05, 3.63) is 71.8 Å². The van der Waals surface area contributed by atoms with Gasteiger partial charge in [-0.2, -0.15) is 0 Å². The third-order valence-electron chi connectivity index (χ3n) is 5.79. The molecule has 0 spiro atoms. The molecule has 0 radical (unpaired) electrons. The van der Waals surface area contributed by atoms with Gasteiger partial charge in [-0.15, -0.1) is 29.4 Å². The predicted molar refractivity (Wildman–Crippen MR) is 151 cm³/mol. The van der Waals surface area contributed by atoms with E-state index in [0.29, 0.717) is 5.92 Å². The Bertz CT molecular complexity index is 914. The zero-order valence-corrected chi connectivity index (χ0v) is 22.6. The van der Waals surface area contributed by atoms with E-state index in [4.69, 9.17) is 19.8 Å². The molecular formula is C28H37NO5S2. The maximum atomic E-state index is 9.10. The van der Waals surface area contributed by atoms with E-state index in [9.17, 15) is 0 Å². The van der Waals surface area contributed by atoms with Crippen LogP contribution in [0.1, 0.15) is 50.2 Å². The van der Waals surface area contributed by atoms with Crippen LogP contribution in [0.2, 0.25) is 0 Å². The molecule has 2 aromatic carbocycles. The van der Waals surface area contributed by atoms with Gasteiger partial charge in [0.2, 0.25) is 0 Å². The van der Waals surface area contributed by atoms with Crippen LogP contribution in [-0.4, -0.2) is 67.7 Å². The topological polar surface area (TPSA) is 109 Å². The summed E-state index contributed by atoms with van der Waals surface area (Å²) in [7, 11) is 0. The molecule has 196 valence electrons. The highest BCUT2D eigenvalue weighted by molar-refractivity contribution is 8.18. The van der Waals surface area contributed by atoms with E-state index >= 15 is 0 Å². The van der Waals surface area contributed by atoms with Crippen LogP contribution < -0.4 is 0 Å². The highest BCUT2D eigenvalue weighted by atomic mass is 32.2. The van der Waals surface area contributed by atoms with Crippen LogP contribution in [0, 0.1) is 11.8 Å². The third kappa shape index (κ3) is 9.90. The van der Waals surface area contributed by atoms with Gasteiger partial charge in [0, 0.05) is 12.3 Å². The molecule has 3 rings (SSSR count). The first-order valence-corrected chi connectivity index (χ1v) is 13.9. The number of hydrogen-bond acceptors (Lipinski definition) is 5. The Labute approximate surface area is 223 Å². The number of carbonyl (C=O) groups is 2. The second-order valence-electron chi connectivity index (χ2n) is 8.04. The Kier molecular flexibility index (Phi) is 15.0. The number of hydrogen-bond donors (Lipinski definition) is 2. The molecule has 6 nitrogen and oxygen atoms in total. The highest BCUT2D eigenvalue weighted by Gasteiger charge is 2.42. The summed E-state index contributed by atoms with van der Waals surface area (Å²) in [6.45, 7) is 7.45. The number of thioether (sulfide) groups is 2. The molecule has 0 aliphatic carbocycles. The lowest BCUT2D eigenvalue weighted by Crippen LogP contribution is -2.33. The molecule has 1 saturated heterocycles. The van der Waals surface area contributed by atoms with Crippen molar-refractivity contribution in [1.82, 2.24) is 4.90 Å². The Hall–Kier alpha value is -2.44. The van der Waals surface area contributed by atoms with Gasteiger partial charge in [0.05, 0.1) is 10.6 Å². The quantitative estimate of drug-likeness (QED) is 0.370. The molecule has 1 aliphatic rings. The van der Waals surface area contributed by atoms with Gasteiger partial charge in [0.1, 0.15) is 0 Å². The zero-order chi connectivity index (χ0) is 25.5. The maximum Gasteiger partial charge on any atom is 0.414 e. The first-order valence-electron chi connectivity index (χ1n) is 12.0. The summed E-state index contributed by atoms with van der Waals surface area (Å²) in [5.41, 5.74) is 2.86. The lowest BCUT2D eigenvalue weighted by molar-refractivity contribution is -0.159. The molecular weight excluding hydrogens is 494 g/mol. The summed E-state index contributed by atoms with van der Waals surface area (Å²) >= 11 is 4.33. The van der Waals surface area contributed by atoms with Crippen molar-refractivity contribution in [2.75, 3.05) is 31.1 Å². The summed E-state index contributed by atoms with van der Waals surface area (Å²) in [5, 5.41) is 14.8. The molecule has 4 N–H and O–H groups in total. The van der Waals surface area contributed by atoms with E-state index in [1.54, 1.807) is 0 Å². The SMILES string of the molecule is CCN(CC)CC#CCCC1(C(c2ccccc2)c2ccccc2)SCCCS1.O.O=C(O)C(=O)O. The number of nitrogens with zero attached hydrogens (tertiary/aromatic N) is 1. The molecule has 0 unspecified atom stereocenters. The largest absolute Gasteiger partial charge is 0.473 e. The fourth-order valence-electron chi connectivity index (χ4n) is 3.98. The van der Waals surface area contributed by atoms with Crippen molar-refractivity contribution < 1.29 is 25.3 Å². The van der Waals surface area contributed by atoms with E-state index in [1.165, 1.54) is 29.1 Å². The molecule has 0 bridgehead atoms. The average molecular weight is 532 g/mol. The van der Waals surface area contributed by atoms with Crippen LogP contribution in [0.5, 0.6) is 0 Å². The zero-order valence-electron chi connectivity index (χ0n) is 21.0. The minimum Gasteiger partial charge on any atom is -0.473 e. The molecule has 1 heterocycles. The molecule has 1 fully saturated rings. The van der Waals surface area contributed by atoms with Gasteiger partial charge in [0.25, 0.3) is 0 Å². The lowest BCUT2D eigenvalue weighted by Gasteiger charge is -2.43. The van der Waals surface area contributed by atoms with E-state index < -0.39 is 11.9 Å². The fourth-order valence-corrected chi connectivity index (χ4v) is 7.63. The van der Waals surface area contributed by atoms with Gasteiger partial charge in [-0.3, -0.25) is 4.90 Å². The van der Waals surface area contributed by atoms with Gasteiger partial charge < -0.3 is 15.7 Å². The normalized spacial score (nSPS) is 14.0. The molecule has 0 aromatic heterocycles. The first-order chi connectivity index (χ1) is 16.9. The van der Waals surface area contributed by atoms with Crippen molar-refractivity contribution in [3.63, 3.8) is 0 Å². The molecule has 0 amide bonds. The minimum atomic E-state index is -1.82. The van der Waals surface area contributed by atoms with Crippen LogP contribution in [-0.2, 0) is 9.59 Å². The van der Waals surface area contributed by atoms with Crippen LogP contribution in [0.25, 0.3) is 0 Å². The van der Waals surface area contributed by atoms with E-state index in [2.05, 4.69) is 115 Å². The standard InChI is InChI=1S/C26H33NS2.C2H2O4.H2O/c1-3-27(4-2)20-13-7-12-19-26(28-21-14-22-29-26)25(23-15-8-5-9-16-23)24-17-10-6-11-18-24;3-1(4)2(5)6;/h5-6,8-11,15-18,25H,3-4,12,14,19-22H2,1-2H3;(H,3,4)(H,5,6);1H2. The van der Waals surface area contributed by atoms with Crippen molar-refractivity contribution >= 4 is 35.5 Å². The molecule has 36 heavy (non-hydrogen) atoms. The maximum absolute atomic E-state index is 9.10. The Balaban J connectivity index is 0.000000827. The van der Waals surface area contributed by atoms with Crippen molar-refractivity contribution in [2.24, 2.45) is 0 Å². The fraction of sp³-hybridized carbons (Fsp3) is 0.429. The number of rotatable bonds is 8. The Morgan fingerprint density at radius 1 is 0.889 bits per heavy atom. The molecule has 2 aromatic rings. The average Bonchev–Trinajstić information content (AvgIpc) is 2.88. The number of benzene rings is 2. The van der Waals surface area contributed by atoms with Crippen LogP contribution in [0.15, 0.2) is 60.7 Å². The summed E-state index contributed by atoms with van der Waals surface area (Å²) < 4.78 is 0.158. The van der Waals surface area contributed by atoms with Gasteiger partial charge >= 0.3 is 11.9 Å². The summed E-state index contributed by atoms with van der Waals surface area (Å²) in [6, 6.07) is 22.2. The van der Waals surface area contributed by atoms with Crippen molar-refractivity contribution in [3.8, 4) is 11.8 Å². The highest BCUT2D eigenvalue weighted by Crippen LogP contribution is 2.56. The third-order valence-corrected chi connectivity index (χ3v) is 9.34. The summed E-state index contributed by atoms with van der Waals surface area (Å²) in [5.74, 6) is 6.15. The number of carboxylic acid groups (broad SMARTS) is 2. The van der Waals surface area contributed by atoms with E-state index in [0.717, 1.165) is 32.5 Å². The Morgan fingerprint density at radius 3 is 1.78 bits per heavy atom. The number of aliphatic carboxylic acids is 2. The molecule has 0 atom stereocenters. The van der Waals surface area contributed by atoms with Crippen molar-refractivity contribution in [2.45, 2.75) is 43.1 Å². The van der Waals surface area contributed by atoms with E-state index in [1.807, 2.05) is 0 Å². The molecule has 0 saturated carbocycles. The van der Waals surface area contributed by atoms with Gasteiger partial charge in [-0.05, 0) is 48.6 Å². The summed E-state index contributed by atoms with van der Waals surface area (Å²) in [4.78, 5) is 20.6.